The summed E-state index contributed by atoms with van der Waals surface area (Å²) in [6, 6.07) is 12.1. The molecule has 0 saturated heterocycles. The Bertz CT molecular complexity index is 1040. The number of nitrogens with one attached hydrogen (secondary N) is 1. The van der Waals surface area contributed by atoms with Crippen LogP contribution in [0.25, 0.3) is 11.4 Å². The zero-order valence-electron chi connectivity index (χ0n) is 13.0. The van der Waals surface area contributed by atoms with E-state index in [1.54, 1.807) is 6.07 Å². The number of aryl methyl sites for hydroxylation is 1. The number of nitro groups is 1. The molecule has 1 aromatic heterocycles. The third kappa shape index (κ3) is 3.49. The Balaban J connectivity index is 2.02. The van der Waals surface area contributed by atoms with Gasteiger partial charge in [-0.3, -0.25) is 10.1 Å². The lowest BCUT2D eigenvalue weighted by Crippen LogP contribution is -1.97. The zero-order valence-corrected chi connectivity index (χ0v) is 14.6. The smallest absolute Gasteiger partial charge is 0.258 e. The third-order valence-corrected chi connectivity index (χ3v) is 4.11. The summed E-state index contributed by atoms with van der Waals surface area (Å²) in [6.45, 7) is 1.96. The lowest BCUT2D eigenvalue weighted by atomic mass is 10.1. The number of benzene rings is 2. The van der Waals surface area contributed by atoms with Crippen molar-refractivity contribution in [3.8, 4) is 11.4 Å². The lowest BCUT2D eigenvalue weighted by molar-refractivity contribution is -0.384. The van der Waals surface area contributed by atoms with Gasteiger partial charge in [0.2, 0.25) is 4.77 Å². The van der Waals surface area contributed by atoms with Gasteiger partial charge in [0.05, 0.1) is 11.1 Å². The van der Waals surface area contributed by atoms with Gasteiger partial charge in [-0.1, -0.05) is 41.9 Å². The van der Waals surface area contributed by atoms with Crippen LogP contribution in [0, 0.1) is 21.8 Å². The van der Waals surface area contributed by atoms with Gasteiger partial charge in [0, 0.05) is 17.2 Å². The first kappa shape index (κ1) is 17.0. The molecule has 1 N–H and O–H groups in total. The number of hydrogen-bond acceptors (Lipinski definition) is 5. The van der Waals surface area contributed by atoms with Gasteiger partial charge in [-0.05, 0) is 30.8 Å². The maximum Gasteiger partial charge on any atom is 0.288 e. The average molecular weight is 374 g/mol. The van der Waals surface area contributed by atoms with E-state index in [9.17, 15) is 10.1 Å². The number of hydrogen-bond donors (Lipinski definition) is 1. The highest BCUT2D eigenvalue weighted by Crippen LogP contribution is 2.25. The normalized spacial score (nSPS) is 11.1. The molecule has 7 nitrogen and oxygen atoms in total. The quantitative estimate of drug-likeness (QED) is 0.318. The van der Waals surface area contributed by atoms with Crippen LogP contribution in [-0.2, 0) is 0 Å². The van der Waals surface area contributed by atoms with Gasteiger partial charge in [-0.25, -0.2) is 5.10 Å². The minimum atomic E-state index is -0.540. The SMILES string of the molecule is Cc1ccccc1-c1n[nH]c(=S)n1/N=C/c1ccc(Cl)c([N+](=O)[O-])c1. The summed E-state index contributed by atoms with van der Waals surface area (Å²) >= 11 is 11.0. The highest BCUT2D eigenvalue weighted by molar-refractivity contribution is 7.71. The Hall–Kier alpha value is -2.84. The fourth-order valence-corrected chi connectivity index (χ4v) is 2.64. The molecule has 0 radical (unpaired) electrons. The number of nitro benzene ring substituents is 1. The minimum absolute atomic E-state index is 0.0719. The number of rotatable bonds is 4. The molecule has 0 aliphatic heterocycles. The molecule has 0 spiro atoms. The Morgan fingerprint density at radius 3 is 2.84 bits per heavy atom. The minimum Gasteiger partial charge on any atom is -0.258 e. The topological polar surface area (TPSA) is 89.1 Å². The van der Waals surface area contributed by atoms with Crippen LogP contribution in [-0.4, -0.2) is 26.0 Å². The molecule has 1 heterocycles. The first-order chi connectivity index (χ1) is 12.0. The van der Waals surface area contributed by atoms with Gasteiger partial charge < -0.3 is 0 Å². The fourth-order valence-electron chi connectivity index (χ4n) is 2.27. The second kappa shape index (κ2) is 6.96. The van der Waals surface area contributed by atoms with Crippen molar-refractivity contribution in [1.82, 2.24) is 14.9 Å². The second-order valence-corrected chi connectivity index (χ2v) is 5.99. The van der Waals surface area contributed by atoms with Crippen molar-refractivity contribution in [3.63, 3.8) is 0 Å². The van der Waals surface area contributed by atoms with Crippen molar-refractivity contribution in [3.05, 3.63) is 73.5 Å². The summed E-state index contributed by atoms with van der Waals surface area (Å²) < 4.78 is 1.79. The van der Waals surface area contributed by atoms with E-state index in [0.717, 1.165) is 11.1 Å². The van der Waals surface area contributed by atoms with Crippen molar-refractivity contribution in [1.29, 1.82) is 0 Å². The van der Waals surface area contributed by atoms with Crippen LogP contribution < -0.4 is 0 Å². The van der Waals surface area contributed by atoms with Crippen LogP contribution in [0.5, 0.6) is 0 Å². The first-order valence-electron chi connectivity index (χ1n) is 7.19. The van der Waals surface area contributed by atoms with E-state index < -0.39 is 4.92 Å². The Morgan fingerprint density at radius 2 is 2.12 bits per heavy atom. The molecule has 0 saturated carbocycles. The summed E-state index contributed by atoms with van der Waals surface area (Å²) in [4.78, 5) is 10.4. The molecule has 0 fully saturated rings. The van der Waals surface area contributed by atoms with Crippen LogP contribution in [0.2, 0.25) is 5.02 Å². The molecule has 2 aromatic carbocycles. The molecule has 0 aliphatic rings. The van der Waals surface area contributed by atoms with Crippen LogP contribution in [0.4, 0.5) is 5.69 Å². The first-order valence-corrected chi connectivity index (χ1v) is 7.97. The van der Waals surface area contributed by atoms with Gasteiger partial charge in [0.25, 0.3) is 5.69 Å². The van der Waals surface area contributed by atoms with E-state index in [1.807, 2.05) is 31.2 Å². The maximum absolute atomic E-state index is 11.0. The molecule has 0 bridgehead atoms. The molecular formula is C16H12ClN5O2S. The molecular weight excluding hydrogens is 362 g/mol. The molecule has 25 heavy (non-hydrogen) atoms. The molecule has 0 aliphatic carbocycles. The summed E-state index contributed by atoms with van der Waals surface area (Å²) in [6.07, 6.45) is 1.47. The van der Waals surface area contributed by atoms with Crippen molar-refractivity contribution < 1.29 is 4.92 Å². The molecule has 126 valence electrons. The van der Waals surface area contributed by atoms with Crippen LogP contribution >= 0.6 is 23.8 Å². The number of aromatic nitrogens is 3. The van der Waals surface area contributed by atoms with Crippen molar-refractivity contribution >= 4 is 35.7 Å². The molecule has 0 atom stereocenters. The summed E-state index contributed by atoms with van der Waals surface area (Å²) in [5, 5.41) is 22.3. The summed E-state index contributed by atoms with van der Waals surface area (Å²) in [5.74, 6) is 0.558. The highest BCUT2D eigenvalue weighted by atomic mass is 35.5. The van der Waals surface area contributed by atoms with Gasteiger partial charge in [0.15, 0.2) is 5.82 Å². The monoisotopic (exact) mass is 373 g/mol. The van der Waals surface area contributed by atoms with Gasteiger partial charge >= 0.3 is 0 Å². The number of halogens is 1. The Morgan fingerprint density at radius 1 is 1.36 bits per heavy atom. The molecule has 0 unspecified atom stereocenters. The Labute approximate surface area is 152 Å². The van der Waals surface area contributed by atoms with E-state index in [2.05, 4.69) is 15.3 Å². The Kier molecular flexibility index (Phi) is 4.73. The molecule has 9 heteroatoms. The van der Waals surface area contributed by atoms with Crippen molar-refractivity contribution in [2.45, 2.75) is 6.92 Å². The lowest BCUT2D eigenvalue weighted by Gasteiger charge is -2.04. The number of H-pyrrole nitrogens is 1. The van der Waals surface area contributed by atoms with E-state index >= 15 is 0 Å². The summed E-state index contributed by atoms with van der Waals surface area (Å²) in [7, 11) is 0. The zero-order chi connectivity index (χ0) is 18.0. The predicted molar refractivity (Wildman–Crippen MR) is 98.7 cm³/mol. The molecule has 0 amide bonds. The summed E-state index contributed by atoms with van der Waals surface area (Å²) in [5.41, 5.74) is 2.25. The van der Waals surface area contributed by atoms with E-state index in [-0.39, 0.29) is 10.7 Å². The number of nitrogens with zero attached hydrogens (tertiary/aromatic N) is 4. The average Bonchev–Trinajstić information content (AvgIpc) is 2.95. The van der Waals surface area contributed by atoms with Crippen LogP contribution in [0.1, 0.15) is 11.1 Å². The van der Waals surface area contributed by atoms with E-state index in [1.165, 1.54) is 23.0 Å². The van der Waals surface area contributed by atoms with E-state index in [4.69, 9.17) is 23.8 Å². The van der Waals surface area contributed by atoms with Crippen molar-refractivity contribution in [2.24, 2.45) is 5.10 Å². The second-order valence-electron chi connectivity index (χ2n) is 5.19. The van der Waals surface area contributed by atoms with Gasteiger partial charge in [-0.2, -0.15) is 14.9 Å². The standard InChI is InChI=1S/C16H12ClN5O2S/c1-10-4-2-3-5-12(10)15-19-20-16(25)21(15)18-9-11-6-7-13(17)14(8-11)22(23)24/h2-9H,1H3,(H,20,25)/b18-9+. The van der Waals surface area contributed by atoms with E-state index in [0.29, 0.717) is 16.2 Å². The van der Waals surface area contributed by atoms with Gasteiger partial charge in [-0.15, -0.1) is 0 Å². The molecule has 3 aromatic rings. The number of aromatic amines is 1. The predicted octanol–water partition coefficient (Wildman–Crippen LogP) is 4.36. The van der Waals surface area contributed by atoms with Crippen LogP contribution in [0.15, 0.2) is 47.6 Å². The van der Waals surface area contributed by atoms with Crippen LogP contribution in [0.3, 0.4) is 0 Å². The van der Waals surface area contributed by atoms with Gasteiger partial charge in [0.1, 0.15) is 5.02 Å². The molecule has 3 rings (SSSR count). The highest BCUT2D eigenvalue weighted by Gasteiger charge is 2.13. The van der Waals surface area contributed by atoms with Crippen molar-refractivity contribution in [2.75, 3.05) is 0 Å². The maximum atomic E-state index is 11.0. The fraction of sp³-hybridized carbons (Fsp3) is 0.0625. The largest absolute Gasteiger partial charge is 0.288 e. The third-order valence-electron chi connectivity index (χ3n) is 3.53.